The summed E-state index contributed by atoms with van der Waals surface area (Å²) >= 11 is 1.62. The summed E-state index contributed by atoms with van der Waals surface area (Å²) in [5.41, 5.74) is 0.134. The average Bonchev–Trinajstić information content (AvgIpc) is 3.10. The van der Waals surface area contributed by atoms with Gasteiger partial charge in [-0.25, -0.2) is 0 Å². The van der Waals surface area contributed by atoms with Crippen LogP contribution in [0.1, 0.15) is 19.8 Å². The number of fused-ring (bicyclic) bond motifs is 1. The minimum absolute atomic E-state index is 0.134. The van der Waals surface area contributed by atoms with Crippen molar-refractivity contribution in [1.82, 2.24) is 9.88 Å². The molecule has 0 amide bonds. The summed E-state index contributed by atoms with van der Waals surface area (Å²) in [5.74, 6) is 0.862. The molecule has 3 nitrogen and oxygen atoms in total. The Kier molecular flexibility index (Phi) is 3.22. The molecule has 96 valence electrons. The van der Waals surface area contributed by atoms with Crippen LogP contribution in [0.25, 0.3) is 10.1 Å². The number of pyridine rings is 1. The third-order valence-corrected chi connectivity index (χ3v) is 4.62. The van der Waals surface area contributed by atoms with E-state index >= 15 is 0 Å². The van der Waals surface area contributed by atoms with Gasteiger partial charge >= 0.3 is 0 Å². The maximum absolute atomic E-state index is 12.2. The first-order valence-electron chi connectivity index (χ1n) is 6.56. The van der Waals surface area contributed by atoms with Crippen LogP contribution in [0.5, 0.6) is 0 Å². The Labute approximate surface area is 110 Å². The zero-order chi connectivity index (χ0) is 12.5. The van der Waals surface area contributed by atoms with Crippen molar-refractivity contribution in [2.24, 2.45) is 5.92 Å². The van der Waals surface area contributed by atoms with Gasteiger partial charge in [0.1, 0.15) is 0 Å². The van der Waals surface area contributed by atoms with Crippen LogP contribution in [-0.2, 0) is 6.54 Å². The molecule has 18 heavy (non-hydrogen) atoms. The fourth-order valence-corrected chi connectivity index (χ4v) is 3.13. The molecule has 1 fully saturated rings. The van der Waals surface area contributed by atoms with Crippen molar-refractivity contribution in [3.63, 3.8) is 0 Å². The normalized spacial score (nSPS) is 17.2. The predicted molar refractivity (Wildman–Crippen MR) is 76.3 cm³/mol. The molecular weight excluding hydrogens is 244 g/mol. The lowest BCUT2D eigenvalue weighted by atomic mass is 10.2. The summed E-state index contributed by atoms with van der Waals surface area (Å²) in [5, 5.41) is 6.33. The molecule has 1 unspecified atom stereocenters. The van der Waals surface area contributed by atoms with Gasteiger partial charge in [-0.2, -0.15) is 0 Å². The molecular formula is C14H18N2OS. The lowest BCUT2D eigenvalue weighted by Crippen LogP contribution is -2.33. The molecule has 0 radical (unpaired) electrons. The van der Waals surface area contributed by atoms with Crippen molar-refractivity contribution in [2.75, 3.05) is 6.54 Å². The second kappa shape index (κ2) is 4.86. The number of thiophene rings is 1. The highest BCUT2D eigenvalue weighted by atomic mass is 32.1. The van der Waals surface area contributed by atoms with E-state index in [1.807, 2.05) is 28.3 Å². The van der Waals surface area contributed by atoms with Gasteiger partial charge in [-0.05, 0) is 43.2 Å². The van der Waals surface area contributed by atoms with E-state index in [1.54, 1.807) is 11.3 Å². The second-order valence-electron chi connectivity index (χ2n) is 5.09. The minimum atomic E-state index is 0.134. The minimum Gasteiger partial charge on any atom is -0.314 e. The monoisotopic (exact) mass is 262 g/mol. The average molecular weight is 262 g/mol. The topological polar surface area (TPSA) is 34.0 Å². The zero-order valence-corrected chi connectivity index (χ0v) is 11.4. The molecule has 0 aliphatic heterocycles. The van der Waals surface area contributed by atoms with Gasteiger partial charge in [0.25, 0.3) is 5.56 Å². The highest BCUT2D eigenvalue weighted by Crippen LogP contribution is 2.32. The van der Waals surface area contributed by atoms with Crippen LogP contribution in [-0.4, -0.2) is 17.2 Å². The third kappa shape index (κ3) is 2.35. The lowest BCUT2D eigenvalue weighted by Gasteiger charge is -2.13. The molecule has 1 aliphatic rings. The molecule has 1 atom stereocenters. The highest BCUT2D eigenvalue weighted by molar-refractivity contribution is 7.17. The van der Waals surface area contributed by atoms with E-state index in [2.05, 4.69) is 12.2 Å². The second-order valence-corrected chi connectivity index (χ2v) is 6.04. The molecule has 0 saturated heterocycles. The SMILES string of the molecule is CC(NCCn1ccc2sccc2c1=O)C1CC1. The van der Waals surface area contributed by atoms with Gasteiger partial charge in [-0.1, -0.05) is 0 Å². The van der Waals surface area contributed by atoms with Crippen molar-refractivity contribution in [1.29, 1.82) is 0 Å². The summed E-state index contributed by atoms with van der Waals surface area (Å²) in [4.78, 5) is 12.2. The Hall–Kier alpha value is -1.13. The summed E-state index contributed by atoms with van der Waals surface area (Å²) < 4.78 is 2.89. The molecule has 2 heterocycles. The largest absolute Gasteiger partial charge is 0.314 e. The van der Waals surface area contributed by atoms with E-state index < -0.39 is 0 Å². The van der Waals surface area contributed by atoms with Gasteiger partial charge in [0.15, 0.2) is 0 Å². The van der Waals surface area contributed by atoms with Crippen LogP contribution in [0.3, 0.4) is 0 Å². The van der Waals surface area contributed by atoms with E-state index in [0.29, 0.717) is 6.04 Å². The van der Waals surface area contributed by atoms with Crippen LogP contribution in [0.2, 0.25) is 0 Å². The van der Waals surface area contributed by atoms with Gasteiger partial charge in [-0.15, -0.1) is 11.3 Å². The number of nitrogens with one attached hydrogen (secondary N) is 1. The van der Waals surface area contributed by atoms with Gasteiger partial charge < -0.3 is 9.88 Å². The lowest BCUT2D eigenvalue weighted by molar-refractivity contribution is 0.473. The standard InChI is InChI=1S/C14H18N2OS/c1-10(11-2-3-11)15-6-8-16-7-4-13-12(14(16)17)5-9-18-13/h4-5,7,9-11,15H,2-3,6,8H2,1H3. The highest BCUT2D eigenvalue weighted by Gasteiger charge is 2.27. The van der Waals surface area contributed by atoms with E-state index in [4.69, 9.17) is 0 Å². The van der Waals surface area contributed by atoms with Crippen molar-refractivity contribution >= 4 is 21.4 Å². The first-order chi connectivity index (χ1) is 8.75. The summed E-state index contributed by atoms with van der Waals surface area (Å²) in [6.07, 6.45) is 4.62. The van der Waals surface area contributed by atoms with Crippen LogP contribution in [0.4, 0.5) is 0 Å². The first-order valence-corrected chi connectivity index (χ1v) is 7.44. The Morgan fingerprint density at radius 3 is 3.11 bits per heavy atom. The van der Waals surface area contributed by atoms with Crippen LogP contribution >= 0.6 is 11.3 Å². The molecule has 2 aromatic rings. The van der Waals surface area contributed by atoms with Gasteiger partial charge in [0, 0.05) is 30.0 Å². The smallest absolute Gasteiger partial charge is 0.259 e. The van der Waals surface area contributed by atoms with E-state index in [0.717, 1.165) is 29.1 Å². The summed E-state index contributed by atoms with van der Waals surface area (Å²) in [6, 6.07) is 4.54. The first kappa shape index (κ1) is 11.9. The Morgan fingerprint density at radius 2 is 2.33 bits per heavy atom. The van der Waals surface area contributed by atoms with Crippen molar-refractivity contribution < 1.29 is 0 Å². The number of hydrogen-bond donors (Lipinski definition) is 1. The number of aromatic nitrogens is 1. The fraction of sp³-hybridized carbons (Fsp3) is 0.500. The molecule has 1 saturated carbocycles. The molecule has 0 spiro atoms. The van der Waals surface area contributed by atoms with Gasteiger partial charge in [0.2, 0.25) is 0 Å². The molecule has 0 aromatic carbocycles. The van der Waals surface area contributed by atoms with Crippen molar-refractivity contribution in [3.05, 3.63) is 34.1 Å². The molecule has 2 aromatic heterocycles. The Balaban J connectivity index is 1.66. The fourth-order valence-electron chi connectivity index (χ4n) is 2.36. The predicted octanol–water partition coefficient (Wildman–Crippen LogP) is 2.45. The van der Waals surface area contributed by atoms with Crippen LogP contribution in [0.15, 0.2) is 28.5 Å². The molecule has 3 rings (SSSR count). The Bertz CT molecular complexity index is 597. The van der Waals surface area contributed by atoms with Crippen molar-refractivity contribution in [2.45, 2.75) is 32.4 Å². The van der Waals surface area contributed by atoms with Gasteiger partial charge in [-0.3, -0.25) is 4.79 Å². The van der Waals surface area contributed by atoms with E-state index in [1.165, 1.54) is 12.8 Å². The molecule has 1 N–H and O–H groups in total. The van der Waals surface area contributed by atoms with Crippen LogP contribution < -0.4 is 10.9 Å². The number of hydrogen-bond acceptors (Lipinski definition) is 3. The maximum Gasteiger partial charge on any atom is 0.259 e. The third-order valence-electron chi connectivity index (χ3n) is 3.74. The summed E-state index contributed by atoms with van der Waals surface area (Å²) in [6.45, 7) is 3.86. The summed E-state index contributed by atoms with van der Waals surface area (Å²) in [7, 11) is 0. The van der Waals surface area contributed by atoms with E-state index in [9.17, 15) is 4.79 Å². The quantitative estimate of drug-likeness (QED) is 0.898. The number of rotatable bonds is 5. The van der Waals surface area contributed by atoms with E-state index in [-0.39, 0.29) is 5.56 Å². The zero-order valence-electron chi connectivity index (χ0n) is 10.6. The van der Waals surface area contributed by atoms with Crippen LogP contribution in [0, 0.1) is 5.92 Å². The van der Waals surface area contributed by atoms with Gasteiger partial charge in [0.05, 0.1) is 5.39 Å². The Morgan fingerprint density at radius 1 is 1.50 bits per heavy atom. The van der Waals surface area contributed by atoms with Crippen molar-refractivity contribution in [3.8, 4) is 0 Å². The number of nitrogens with zero attached hydrogens (tertiary/aromatic N) is 1. The molecule has 4 heteroatoms. The molecule has 1 aliphatic carbocycles. The maximum atomic E-state index is 12.2. The molecule has 0 bridgehead atoms.